The van der Waals surface area contributed by atoms with Gasteiger partial charge in [-0.25, -0.2) is 4.79 Å². The van der Waals surface area contributed by atoms with Crippen LogP contribution in [0.3, 0.4) is 0 Å². The molecule has 0 fully saturated rings. The summed E-state index contributed by atoms with van der Waals surface area (Å²) in [7, 11) is 0. The molecular formula is C12H16ClNO2. The van der Waals surface area contributed by atoms with Crippen molar-refractivity contribution in [2.45, 2.75) is 20.8 Å². The van der Waals surface area contributed by atoms with Gasteiger partial charge in [0, 0.05) is 10.6 Å². The Morgan fingerprint density at radius 3 is 2.50 bits per heavy atom. The lowest BCUT2D eigenvalue weighted by Gasteiger charge is -2.08. The zero-order chi connectivity index (χ0) is 12.7. The molecule has 0 aromatic heterocycles. The topological polar surface area (TPSA) is 50.2 Å². The highest BCUT2D eigenvalue weighted by Gasteiger charge is 2.16. The Morgan fingerprint density at radius 1 is 1.56 bits per heavy atom. The molecule has 4 heteroatoms. The lowest BCUT2D eigenvalue weighted by molar-refractivity contribution is -0.135. The Kier molecular flexibility index (Phi) is 6.42. The highest BCUT2D eigenvalue weighted by molar-refractivity contribution is 6.43. The fourth-order valence-corrected chi connectivity index (χ4v) is 1.36. The van der Waals surface area contributed by atoms with Gasteiger partial charge in [0.2, 0.25) is 0 Å². The van der Waals surface area contributed by atoms with Crippen LogP contribution in [0, 0.1) is 5.41 Å². The first-order valence-corrected chi connectivity index (χ1v) is 5.27. The number of carbonyl (C=O) groups is 1. The molecule has 0 aromatic rings. The molecule has 0 spiro atoms. The van der Waals surface area contributed by atoms with Crippen molar-refractivity contribution in [1.29, 1.82) is 5.41 Å². The summed E-state index contributed by atoms with van der Waals surface area (Å²) in [5.41, 5.74) is 1.04. The fourth-order valence-electron chi connectivity index (χ4n) is 1.20. The zero-order valence-electron chi connectivity index (χ0n) is 9.76. The van der Waals surface area contributed by atoms with E-state index in [0.717, 1.165) is 0 Å². The van der Waals surface area contributed by atoms with Crippen molar-refractivity contribution in [3.05, 3.63) is 34.9 Å². The quantitative estimate of drug-likeness (QED) is 0.457. The maximum Gasteiger partial charge on any atom is 0.356 e. The Balaban J connectivity index is 4.97. The predicted molar refractivity (Wildman–Crippen MR) is 66.9 cm³/mol. The SMILES string of the molecule is C=C(Cl)/C=C(C)\C(=C/C)C(=N)C(=O)OCC. The summed E-state index contributed by atoms with van der Waals surface area (Å²) in [5.74, 6) is -0.636. The average Bonchev–Trinajstić information content (AvgIpc) is 2.17. The molecule has 1 N–H and O–H groups in total. The van der Waals surface area contributed by atoms with Gasteiger partial charge in [0.25, 0.3) is 0 Å². The summed E-state index contributed by atoms with van der Waals surface area (Å²) in [4.78, 5) is 11.4. The van der Waals surface area contributed by atoms with Gasteiger partial charge in [0.15, 0.2) is 0 Å². The minimum Gasteiger partial charge on any atom is -0.461 e. The molecule has 0 aliphatic heterocycles. The van der Waals surface area contributed by atoms with Crippen LogP contribution in [0.5, 0.6) is 0 Å². The largest absolute Gasteiger partial charge is 0.461 e. The maximum atomic E-state index is 11.4. The number of allylic oxidation sites excluding steroid dienone is 4. The molecule has 16 heavy (non-hydrogen) atoms. The number of carbonyl (C=O) groups excluding carboxylic acids is 1. The maximum absolute atomic E-state index is 11.4. The molecule has 0 heterocycles. The number of ether oxygens (including phenoxy) is 1. The van der Waals surface area contributed by atoms with E-state index < -0.39 is 5.97 Å². The standard InChI is InChI=1S/C12H16ClNO2/c1-5-10(8(3)7-9(4)13)11(14)12(15)16-6-2/h5,7,14H,4,6H2,1-3H3/b8-7-,10-5+,14-11?. The van der Waals surface area contributed by atoms with Crippen molar-refractivity contribution in [2.24, 2.45) is 0 Å². The van der Waals surface area contributed by atoms with Gasteiger partial charge < -0.3 is 4.74 Å². The van der Waals surface area contributed by atoms with E-state index in [1.54, 1.807) is 32.9 Å². The summed E-state index contributed by atoms with van der Waals surface area (Å²) in [5, 5.41) is 8.03. The van der Waals surface area contributed by atoms with Crippen LogP contribution < -0.4 is 0 Å². The Hall–Kier alpha value is -1.35. The Morgan fingerprint density at radius 2 is 2.12 bits per heavy atom. The second-order valence-electron chi connectivity index (χ2n) is 3.07. The zero-order valence-corrected chi connectivity index (χ0v) is 10.5. The first-order chi connectivity index (χ1) is 7.43. The normalized spacial score (nSPS) is 12.2. The van der Waals surface area contributed by atoms with Crippen LogP contribution in [-0.2, 0) is 9.53 Å². The number of hydrogen-bond donors (Lipinski definition) is 1. The van der Waals surface area contributed by atoms with Crippen molar-refractivity contribution >= 4 is 23.3 Å². The fraction of sp³-hybridized carbons (Fsp3) is 0.333. The summed E-state index contributed by atoms with van der Waals surface area (Å²) >= 11 is 5.63. The van der Waals surface area contributed by atoms with E-state index in [4.69, 9.17) is 21.7 Å². The summed E-state index contributed by atoms with van der Waals surface area (Å²) < 4.78 is 4.75. The lowest BCUT2D eigenvalue weighted by atomic mass is 10.0. The molecule has 0 radical (unpaired) electrons. The smallest absolute Gasteiger partial charge is 0.356 e. The van der Waals surface area contributed by atoms with Gasteiger partial charge in [-0.3, -0.25) is 5.41 Å². The third-order valence-electron chi connectivity index (χ3n) is 1.84. The van der Waals surface area contributed by atoms with Crippen molar-refractivity contribution in [2.75, 3.05) is 6.61 Å². The molecule has 0 aliphatic carbocycles. The number of esters is 1. The van der Waals surface area contributed by atoms with Crippen LogP contribution in [0.4, 0.5) is 0 Å². The number of nitrogens with one attached hydrogen (secondary N) is 1. The molecule has 0 rings (SSSR count). The lowest BCUT2D eigenvalue weighted by Crippen LogP contribution is -2.19. The third-order valence-corrected chi connectivity index (χ3v) is 1.94. The highest BCUT2D eigenvalue weighted by atomic mass is 35.5. The average molecular weight is 242 g/mol. The van der Waals surface area contributed by atoms with E-state index in [-0.39, 0.29) is 12.3 Å². The Labute approximate surface area is 101 Å². The van der Waals surface area contributed by atoms with Gasteiger partial charge in [-0.1, -0.05) is 24.3 Å². The van der Waals surface area contributed by atoms with Crippen LogP contribution >= 0.6 is 11.6 Å². The van der Waals surface area contributed by atoms with E-state index >= 15 is 0 Å². The molecule has 0 atom stereocenters. The first-order valence-electron chi connectivity index (χ1n) is 4.89. The van der Waals surface area contributed by atoms with Gasteiger partial charge in [0.1, 0.15) is 5.71 Å². The molecule has 0 saturated heterocycles. The third kappa shape index (κ3) is 4.45. The van der Waals surface area contributed by atoms with Crippen LogP contribution in [0.2, 0.25) is 0 Å². The molecular weight excluding hydrogens is 226 g/mol. The van der Waals surface area contributed by atoms with E-state index in [0.29, 0.717) is 16.2 Å². The van der Waals surface area contributed by atoms with Gasteiger partial charge in [-0.05, 0) is 32.4 Å². The summed E-state index contributed by atoms with van der Waals surface area (Å²) in [6.07, 6.45) is 3.27. The molecule has 0 saturated carbocycles. The van der Waals surface area contributed by atoms with Crippen molar-refractivity contribution in [1.82, 2.24) is 0 Å². The minimum absolute atomic E-state index is 0.170. The van der Waals surface area contributed by atoms with Gasteiger partial charge in [-0.2, -0.15) is 0 Å². The molecule has 0 aromatic carbocycles. The van der Waals surface area contributed by atoms with Crippen LogP contribution in [0.25, 0.3) is 0 Å². The van der Waals surface area contributed by atoms with E-state index in [1.165, 1.54) is 0 Å². The second-order valence-corrected chi connectivity index (χ2v) is 3.56. The van der Waals surface area contributed by atoms with Crippen molar-refractivity contribution < 1.29 is 9.53 Å². The summed E-state index contributed by atoms with van der Waals surface area (Å²) in [6.45, 7) is 8.99. The highest BCUT2D eigenvalue weighted by Crippen LogP contribution is 2.15. The molecule has 88 valence electrons. The van der Waals surface area contributed by atoms with Gasteiger partial charge >= 0.3 is 5.97 Å². The summed E-state index contributed by atoms with van der Waals surface area (Å²) in [6, 6.07) is 0. The van der Waals surface area contributed by atoms with Crippen LogP contribution in [-0.4, -0.2) is 18.3 Å². The van der Waals surface area contributed by atoms with Gasteiger partial charge in [-0.15, -0.1) is 0 Å². The number of hydrogen-bond acceptors (Lipinski definition) is 3. The molecule has 0 aliphatic rings. The second kappa shape index (κ2) is 7.01. The minimum atomic E-state index is -0.636. The predicted octanol–water partition coefficient (Wildman–Crippen LogP) is 3.21. The molecule has 0 unspecified atom stereocenters. The van der Waals surface area contributed by atoms with E-state index in [2.05, 4.69) is 6.58 Å². The number of halogens is 1. The van der Waals surface area contributed by atoms with Gasteiger partial charge in [0.05, 0.1) is 6.61 Å². The monoisotopic (exact) mass is 241 g/mol. The molecule has 0 amide bonds. The van der Waals surface area contributed by atoms with Crippen molar-refractivity contribution in [3.8, 4) is 0 Å². The van der Waals surface area contributed by atoms with Crippen molar-refractivity contribution in [3.63, 3.8) is 0 Å². The Bertz CT molecular complexity index is 367. The van der Waals surface area contributed by atoms with Crippen LogP contribution in [0.15, 0.2) is 34.9 Å². The first kappa shape index (κ1) is 14.6. The van der Waals surface area contributed by atoms with Crippen LogP contribution in [0.1, 0.15) is 20.8 Å². The molecule has 0 bridgehead atoms. The van der Waals surface area contributed by atoms with E-state index in [9.17, 15) is 4.79 Å². The number of rotatable bonds is 5. The molecule has 3 nitrogen and oxygen atoms in total. The van der Waals surface area contributed by atoms with E-state index in [1.807, 2.05) is 0 Å².